The maximum Gasteiger partial charge on any atom is 0.265 e. The fourth-order valence-electron chi connectivity index (χ4n) is 2.11. The molecule has 0 aliphatic heterocycles. The van der Waals surface area contributed by atoms with Crippen molar-refractivity contribution >= 4 is 17.5 Å². The Morgan fingerprint density at radius 2 is 1.79 bits per heavy atom. The number of ether oxygens (including phenoxy) is 2. The Hall–Kier alpha value is -3.02. The van der Waals surface area contributed by atoms with Crippen LogP contribution in [0, 0.1) is 6.92 Å². The number of nitrogens with two attached hydrogens (primary N) is 1. The average Bonchev–Trinajstić information content (AvgIpc) is 2.55. The van der Waals surface area contributed by atoms with E-state index >= 15 is 0 Å². The maximum absolute atomic E-state index is 12.3. The Morgan fingerprint density at radius 3 is 2.38 bits per heavy atom. The van der Waals surface area contributed by atoms with E-state index in [2.05, 4.69) is 5.32 Å². The van der Waals surface area contributed by atoms with Crippen molar-refractivity contribution in [2.75, 3.05) is 12.4 Å². The number of primary amides is 1. The molecule has 0 saturated heterocycles. The first kappa shape index (κ1) is 17.3. The lowest BCUT2D eigenvalue weighted by molar-refractivity contribution is -0.122. The summed E-state index contributed by atoms with van der Waals surface area (Å²) in [5, 5.41) is 2.79. The molecule has 6 heteroatoms. The number of aryl methyl sites for hydroxylation is 1. The Kier molecular flexibility index (Phi) is 5.42. The van der Waals surface area contributed by atoms with Crippen molar-refractivity contribution in [2.24, 2.45) is 5.73 Å². The summed E-state index contributed by atoms with van der Waals surface area (Å²) in [4.78, 5) is 23.3. The van der Waals surface area contributed by atoms with Crippen LogP contribution in [0.3, 0.4) is 0 Å². The summed E-state index contributed by atoms with van der Waals surface area (Å²) in [6.07, 6.45) is -0.727. The third-order valence-electron chi connectivity index (χ3n) is 3.43. The number of carbonyl (C=O) groups excluding carboxylic acids is 2. The zero-order chi connectivity index (χ0) is 17.7. The molecule has 126 valence electrons. The highest BCUT2D eigenvalue weighted by atomic mass is 16.5. The van der Waals surface area contributed by atoms with Gasteiger partial charge in [0.05, 0.1) is 12.8 Å². The number of amides is 2. The molecule has 0 aliphatic rings. The van der Waals surface area contributed by atoms with Crippen molar-refractivity contribution < 1.29 is 19.1 Å². The third-order valence-corrected chi connectivity index (χ3v) is 3.43. The second-order valence-electron chi connectivity index (χ2n) is 5.34. The molecular formula is C18H20N2O4. The van der Waals surface area contributed by atoms with E-state index in [1.807, 2.05) is 19.1 Å². The van der Waals surface area contributed by atoms with Crippen molar-refractivity contribution in [3.05, 3.63) is 53.6 Å². The van der Waals surface area contributed by atoms with Gasteiger partial charge in [-0.1, -0.05) is 6.07 Å². The highest BCUT2D eigenvalue weighted by Gasteiger charge is 2.17. The molecule has 2 aromatic rings. The van der Waals surface area contributed by atoms with E-state index < -0.39 is 12.0 Å². The summed E-state index contributed by atoms with van der Waals surface area (Å²) < 4.78 is 10.8. The van der Waals surface area contributed by atoms with Crippen LogP contribution in [0.4, 0.5) is 5.69 Å². The number of nitrogens with one attached hydrogen (secondary N) is 1. The molecular weight excluding hydrogens is 308 g/mol. The number of benzene rings is 2. The average molecular weight is 328 g/mol. The molecule has 0 fully saturated rings. The first-order chi connectivity index (χ1) is 11.4. The van der Waals surface area contributed by atoms with Crippen LogP contribution in [0.1, 0.15) is 22.8 Å². The van der Waals surface area contributed by atoms with Gasteiger partial charge in [-0.3, -0.25) is 9.59 Å². The molecule has 0 heterocycles. The van der Waals surface area contributed by atoms with Crippen LogP contribution in [0.2, 0.25) is 0 Å². The number of hydrogen-bond donors (Lipinski definition) is 2. The second-order valence-corrected chi connectivity index (χ2v) is 5.34. The van der Waals surface area contributed by atoms with E-state index in [1.165, 1.54) is 0 Å². The van der Waals surface area contributed by atoms with Gasteiger partial charge in [-0.15, -0.1) is 0 Å². The molecule has 1 unspecified atom stereocenters. The molecule has 0 aromatic heterocycles. The standard InChI is InChI=1S/C18H20N2O4/c1-11-4-9-16(23-3)15(10-11)20-18(22)12(2)24-14-7-5-13(6-8-14)17(19)21/h4-10,12H,1-3H3,(H2,19,21)(H,20,22). The second kappa shape index (κ2) is 7.50. The van der Waals surface area contributed by atoms with E-state index in [0.29, 0.717) is 22.7 Å². The quantitative estimate of drug-likeness (QED) is 0.852. The molecule has 0 saturated carbocycles. The van der Waals surface area contributed by atoms with Gasteiger partial charge in [0.25, 0.3) is 5.91 Å². The van der Waals surface area contributed by atoms with E-state index in [1.54, 1.807) is 44.4 Å². The lowest BCUT2D eigenvalue weighted by Crippen LogP contribution is -2.30. The first-order valence-electron chi connectivity index (χ1n) is 7.42. The molecule has 2 amide bonds. The number of rotatable bonds is 6. The predicted octanol–water partition coefficient (Wildman–Crippen LogP) is 2.51. The minimum atomic E-state index is -0.727. The largest absolute Gasteiger partial charge is 0.495 e. The molecule has 24 heavy (non-hydrogen) atoms. The monoisotopic (exact) mass is 328 g/mol. The van der Waals surface area contributed by atoms with Crippen molar-refractivity contribution in [1.29, 1.82) is 0 Å². The van der Waals surface area contributed by atoms with Crippen molar-refractivity contribution in [1.82, 2.24) is 0 Å². The van der Waals surface area contributed by atoms with Crippen LogP contribution < -0.4 is 20.5 Å². The fraction of sp³-hybridized carbons (Fsp3) is 0.222. The third kappa shape index (κ3) is 4.25. The first-order valence-corrected chi connectivity index (χ1v) is 7.42. The van der Waals surface area contributed by atoms with Gasteiger partial charge >= 0.3 is 0 Å². The lowest BCUT2D eigenvalue weighted by Gasteiger charge is -2.16. The Labute approximate surface area is 140 Å². The summed E-state index contributed by atoms with van der Waals surface area (Å²) in [5.41, 5.74) is 7.15. The van der Waals surface area contributed by atoms with Gasteiger partial charge in [0.1, 0.15) is 11.5 Å². The van der Waals surface area contributed by atoms with Gasteiger partial charge in [-0.25, -0.2) is 0 Å². The van der Waals surface area contributed by atoms with Gasteiger partial charge in [-0.2, -0.15) is 0 Å². The van der Waals surface area contributed by atoms with Crippen molar-refractivity contribution in [2.45, 2.75) is 20.0 Å². The van der Waals surface area contributed by atoms with E-state index in [-0.39, 0.29) is 5.91 Å². The molecule has 1 atom stereocenters. The minimum Gasteiger partial charge on any atom is -0.495 e. The SMILES string of the molecule is COc1ccc(C)cc1NC(=O)C(C)Oc1ccc(C(N)=O)cc1. The Balaban J connectivity index is 2.04. The number of methoxy groups -OCH3 is 1. The minimum absolute atomic E-state index is 0.308. The highest BCUT2D eigenvalue weighted by molar-refractivity contribution is 5.95. The maximum atomic E-state index is 12.3. The zero-order valence-corrected chi connectivity index (χ0v) is 13.8. The molecule has 0 aliphatic carbocycles. The topological polar surface area (TPSA) is 90.7 Å². The van der Waals surface area contributed by atoms with Crippen LogP contribution in [0.25, 0.3) is 0 Å². The van der Waals surface area contributed by atoms with Crippen LogP contribution in [0.15, 0.2) is 42.5 Å². The Bertz CT molecular complexity index is 741. The van der Waals surface area contributed by atoms with Gasteiger partial charge in [0.15, 0.2) is 6.10 Å². The highest BCUT2D eigenvalue weighted by Crippen LogP contribution is 2.25. The molecule has 0 radical (unpaired) electrons. The number of hydrogen-bond acceptors (Lipinski definition) is 4. The van der Waals surface area contributed by atoms with Gasteiger partial charge in [-0.05, 0) is 55.8 Å². The molecule has 2 rings (SSSR count). The van der Waals surface area contributed by atoms with E-state index in [9.17, 15) is 9.59 Å². The van der Waals surface area contributed by atoms with E-state index in [0.717, 1.165) is 5.56 Å². The van der Waals surface area contributed by atoms with Gasteiger partial charge in [0, 0.05) is 5.56 Å². The molecule has 2 aromatic carbocycles. The van der Waals surface area contributed by atoms with Crippen LogP contribution in [0.5, 0.6) is 11.5 Å². The summed E-state index contributed by atoms with van der Waals surface area (Å²) >= 11 is 0. The summed E-state index contributed by atoms with van der Waals surface area (Å²) in [7, 11) is 1.54. The van der Waals surface area contributed by atoms with Gasteiger partial charge < -0.3 is 20.5 Å². The fourth-order valence-corrected chi connectivity index (χ4v) is 2.11. The molecule has 0 spiro atoms. The Morgan fingerprint density at radius 1 is 1.12 bits per heavy atom. The molecule has 6 nitrogen and oxygen atoms in total. The molecule has 0 bridgehead atoms. The number of anilines is 1. The van der Waals surface area contributed by atoms with Crippen molar-refractivity contribution in [3.8, 4) is 11.5 Å². The van der Waals surface area contributed by atoms with Crippen LogP contribution in [-0.4, -0.2) is 25.0 Å². The van der Waals surface area contributed by atoms with Crippen molar-refractivity contribution in [3.63, 3.8) is 0 Å². The summed E-state index contributed by atoms with van der Waals surface area (Å²) in [6.45, 7) is 3.56. The molecule has 3 N–H and O–H groups in total. The summed E-state index contributed by atoms with van der Waals surface area (Å²) in [5.74, 6) is 0.225. The zero-order valence-electron chi connectivity index (χ0n) is 13.8. The predicted molar refractivity (Wildman–Crippen MR) is 91.4 cm³/mol. The van der Waals surface area contributed by atoms with Crippen LogP contribution >= 0.6 is 0 Å². The normalized spacial score (nSPS) is 11.5. The smallest absolute Gasteiger partial charge is 0.265 e. The van der Waals surface area contributed by atoms with Crippen LogP contribution in [-0.2, 0) is 4.79 Å². The summed E-state index contributed by atoms with van der Waals surface area (Å²) in [6, 6.07) is 11.8. The number of carbonyl (C=O) groups is 2. The van der Waals surface area contributed by atoms with Gasteiger partial charge in [0.2, 0.25) is 5.91 Å². The lowest BCUT2D eigenvalue weighted by atomic mass is 10.2. The van der Waals surface area contributed by atoms with E-state index in [4.69, 9.17) is 15.2 Å².